The summed E-state index contributed by atoms with van der Waals surface area (Å²) in [5, 5.41) is 9.22. The quantitative estimate of drug-likeness (QED) is 0.310. The molecule has 0 aromatic heterocycles. The first-order valence-electron chi connectivity index (χ1n) is 9.05. The molecule has 6 nitrogen and oxygen atoms in total. The second-order valence-corrected chi connectivity index (χ2v) is 4.85. The number of aliphatic hydroxyl groups excluding tert-OH is 1. The van der Waals surface area contributed by atoms with Crippen molar-refractivity contribution in [3.63, 3.8) is 0 Å². The smallest absolute Gasteiger partial charge is 0.385 e. The SMILES string of the molecule is C#CC#CC#CC#CC#CC#CC#CC(=O)O[C@H](CO)COC(=O)C#CC#CC#CC#CC#CC#C.N.[HH].[HH].[HH].[HH].[HH].[HH].[HH].[HH].[HH].[HH].[HH].[HH].[HH].[HH].[HH].[HH].[HH].[HH].[HH].[HH].[HH].[HH].[HH].[HH]. The van der Waals surface area contributed by atoms with Crippen molar-refractivity contribution in [2.45, 2.75) is 6.10 Å². The highest BCUT2D eigenvalue weighted by Gasteiger charge is 2.14. The minimum Gasteiger partial charge on any atom is -0.452 e. The summed E-state index contributed by atoms with van der Waals surface area (Å²) >= 11 is 0. The van der Waals surface area contributed by atoms with E-state index in [1.165, 1.54) is 0 Å². The average Bonchev–Trinajstić information content (AvgIpc) is 2.88. The third-order valence-electron chi connectivity index (χ3n) is 2.48. The molecule has 1 atom stereocenters. The lowest BCUT2D eigenvalue weighted by Crippen LogP contribution is -2.27. The van der Waals surface area contributed by atoms with Crippen LogP contribution in [-0.2, 0) is 19.1 Å². The minimum absolute atomic E-state index is 0. The maximum Gasteiger partial charge on any atom is 0.385 e. The van der Waals surface area contributed by atoms with Crippen LogP contribution in [0, 0.1) is 155 Å². The summed E-state index contributed by atoms with van der Waals surface area (Å²) < 4.78 is 9.58. The molecule has 0 spiro atoms. The van der Waals surface area contributed by atoms with Gasteiger partial charge in [0.15, 0.2) is 6.10 Å². The third kappa shape index (κ3) is 23.6. The Bertz CT molecular complexity index is 1730. The van der Waals surface area contributed by atoms with Crippen LogP contribution in [-0.4, -0.2) is 36.4 Å². The van der Waals surface area contributed by atoms with Gasteiger partial charge in [-0.15, -0.1) is 12.8 Å². The first-order chi connectivity index (χ1) is 17.6. The number of ether oxygens (including phenoxy) is 2. The van der Waals surface area contributed by atoms with Crippen molar-refractivity contribution in [3.8, 4) is 155 Å². The van der Waals surface area contributed by atoms with Crippen LogP contribution >= 0.6 is 0 Å². The average molecular weight is 526 g/mol. The van der Waals surface area contributed by atoms with Gasteiger partial charge < -0.3 is 20.7 Å². The van der Waals surface area contributed by atoms with Crippen LogP contribution in [0.2, 0.25) is 0 Å². The van der Waals surface area contributed by atoms with Crippen LogP contribution < -0.4 is 6.15 Å². The maximum atomic E-state index is 11.6. The molecule has 0 unspecified atom stereocenters. The number of terminal acetylenes is 2. The van der Waals surface area contributed by atoms with Gasteiger partial charge >= 0.3 is 11.9 Å². The number of esters is 2. The molecule has 0 bridgehead atoms. The third-order valence-corrected chi connectivity index (χ3v) is 2.48. The molecule has 0 rings (SSSR count). The topological polar surface area (TPSA) is 108 Å². The molecule has 0 heterocycles. The number of carbonyl (C=O) groups excluding carboxylic acids is 2. The molecule has 0 amide bonds. The number of rotatable bonds is 4. The van der Waals surface area contributed by atoms with E-state index in [2.05, 4.69) is 142 Å². The van der Waals surface area contributed by atoms with Crippen LogP contribution in [0.25, 0.3) is 0 Å². The van der Waals surface area contributed by atoms with E-state index in [9.17, 15) is 14.7 Å². The van der Waals surface area contributed by atoms with Crippen molar-refractivity contribution < 1.29 is 58.4 Å². The predicted molar refractivity (Wildman–Crippen MR) is 187 cm³/mol. The molecule has 0 aliphatic heterocycles. The van der Waals surface area contributed by atoms with Crippen molar-refractivity contribution in [1.29, 1.82) is 0 Å². The van der Waals surface area contributed by atoms with Crippen LogP contribution in [0.15, 0.2) is 0 Å². The second-order valence-electron chi connectivity index (χ2n) is 4.85. The van der Waals surface area contributed by atoms with Gasteiger partial charge in [0.1, 0.15) is 6.61 Å². The highest BCUT2D eigenvalue weighted by molar-refractivity contribution is 5.90. The van der Waals surface area contributed by atoms with Gasteiger partial charge in [-0.1, -0.05) is 0 Å². The van der Waals surface area contributed by atoms with Gasteiger partial charge in [-0.25, -0.2) is 9.59 Å². The fourth-order valence-electron chi connectivity index (χ4n) is 1.25. The first kappa shape index (κ1) is 32.3. The molecule has 0 aromatic carbocycles. The van der Waals surface area contributed by atoms with E-state index in [1.54, 1.807) is 0 Å². The van der Waals surface area contributed by atoms with E-state index in [0.29, 0.717) is 0 Å². The minimum atomic E-state index is -1.15. The summed E-state index contributed by atoms with van der Waals surface area (Å²) in [6.07, 6.45) is 8.66. The van der Waals surface area contributed by atoms with Gasteiger partial charge in [0.25, 0.3) is 0 Å². The zero-order valence-electron chi connectivity index (χ0n) is 18.9. The van der Waals surface area contributed by atoms with Gasteiger partial charge in [-0.2, -0.15) is 0 Å². The molecule has 0 aromatic rings. The monoisotopic (exact) mass is 525 g/mol. The summed E-state index contributed by atoms with van der Waals surface area (Å²) in [4.78, 5) is 23.1. The van der Waals surface area contributed by atoms with E-state index in [-0.39, 0.29) is 40.4 Å². The van der Waals surface area contributed by atoms with Crippen LogP contribution in [0.5, 0.6) is 0 Å². The van der Waals surface area contributed by atoms with Gasteiger partial charge in [-0.3, -0.25) is 0 Å². The summed E-state index contributed by atoms with van der Waals surface area (Å²) in [5.74, 6) is 53.1. The lowest BCUT2D eigenvalue weighted by Gasteiger charge is -2.12. The molecule has 218 valence electrons. The molecule has 4 N–H and O–H groups in total. The van der Waals surface area contributed by atoms with Gasteiger partial charge in [0.2, 0.25) is 0 Å². The van der Waals surface area contributed by atoms with E-state index in [1.807, 2.05) is 0 Å². The van der Waals surface area contributed by atoms with Crippen molar-refractivity contribution in [1.82, 2.24) is 6.15 Å². The molecule has 0 saturated heterocycles. The first-order valence-corrected chi connectivity index (χ1v) is 9.05. The van der Waals surface area contributed by atoms with Gasteiger partial charge in [0, 0.05) is 46.1 Å². The van der Waals surface area contributed by atoms with E-state index in [0.717, 1.165) is 0 Å². The Morgan fingerprint density at radius 3 is 1.27 bits per heavy atom. The summed E-state index contributed by atoms with van der Waals surface area (Å²) in [5.41, 5.74) is 0. The number of aliphatic hydroxyl groups is 1. The largest absolute Gasteiger partial charge is 0.452 e. The molecule has 0 radical (unpaired) electrons. The van der Waals surface area contributed by atoms with E-state index >= 15 is 0 Å². The van der Waals surface area contributed by atoms with Crippen molar-refractivity contribution >= 4 is 11.9 Å². The van der Waals surface area contributed by atoms with Crippen LogP contribution in [0.4, 0.5) is 0 Å². The summed E-state index contributed by atoms with van der Waals surface area (Å²) in [7, 11) is 0. The van der Waals surface area contributed by atoms with Gasteiger partial charge in [-0.05, 0) is 130 Å². The van der Waals surface area contributed by atoms with Crippen molar-refractivity contribution in [3.05, 3.63) is 0 Å². The molecule has 6 heteroatoms. The Hall–Kier alpha value is -6.86. The lowest BCUT2D eigenvalue weighted by molar-refractivity contribution is -0.153. The summed E-state index contributed by atoms with van der Waals surface area (Å²) in [6, 6.07) is 0. The molecule has 0 fully saturated rings. The second kappa shape index (κ2) is 25.4. The normalized spacial score (nSPS) is 6.35. The van der Waals surface area contributed by atoms with Crippen molar-refractivity contribution in [2.24, 2.45) is 0 Å². The number of carbonyl (C=O) groups is 2. The molecule has 0 aliphatic rings. The van der Waals surface area contributed by atoms with Crippen molar-refractivity contribution in [2.75, 3.05) is 13.2 Å². The summed E-state index contributed by atoms with van der Waals surface area (Å²) in [6.45, 7) is -1.07. The standard InChI is InChI=1S/C31H8O5.H3N.24H2/c1-3-5-7-9-11-13-15-16-18-20-22-24-26-31(34)36-29(27-32)28-35-30(33)25-23-21-19-17-14-12-10-8-6-4-2;;;;;;;;;;;;;;;;;;;;;;;;;/h1-2,29,32H,27-28H2;1H3;24*1H/t29-;;;;;;;;;;;;;;;;;;;;;;;;;/m1........................./s1. The molecular formula is C31H59NO5. The predicted octanol–water partition coefficient (Wildman–Crippen LogP) is 4.80. The molecule has 0 aliphatic carbocycles. The Morgan fingerprint density at radius 2 is 0.919 bits per heavy atom. The highest BCUT2D eigenvalue weighted by Crippen LogP contribution is 1.94. The van der Waals surface area contributed by atoms with Crippen LogP contribution in [0.3, 0.4) is 0 Å². The Kier molecular flexibility index (Phi) is 22.2. The lowest BCUT2D eigenvalue weighted by atomic mass is 10.4. The van der Waals surface area contributed by atoms with E-state index < -0.39 is 31.3 Å². The van der Waals surface area contributed by atoms with Gasteiger partial charge in [0.05, 0.1) is 6.61 Å². The van der Waals surface area contributed by atoms with E-state index in [4.69, 9.17) is 22.3 Å². The maximum absolute atomic E-state index is 11.6. The zero-order valence-corrected chi connectivity index (χ0v) is 18.9. The van der Waals surface area contributed by atoms with Crippen LogP contribution in [0.1, 0.15) is 34.2 Å². The molecule has 37 heavy (non-hydrogen) atoms. The molecule has 0 saturated carbocycles. The Labute approximate surface area is 252 Å². The molecular weight excluding hydrogens is 466 g/mol. The highest BCUT2D eigenvalue weighted by atomic mass is 16.6. The number of hydrogen-bond donors (Lipinski definition) is 2. The Balaban J connectivity index is -0.0000000204. The number of hydrogen-bond acceptors (Lipinski definition) is 6. The Morgan fingerprint density at radius 1 is 0.595 bits per heavy atom. The fourth-order valence-corrected chi connectivity index (χ4v) is 1.25. The fraction of sp³-hybridized carbons (Fsp3) is 0.0968. The zero-order chi connectivity index (χ0) is 26.5.